The Morgan fingerprint density at radius 2 is 1.90 bits per heavy atom. The highest BCUT2D eigenvalue weighted by molar-refractivity contribution is 7.89. The molecule has 6 heteroatoms. The minimum absolute atomic E-state index is 0.455. The summed E-state index contributed by atoms with van der Waals surface area (Å²) in [6.45, 7) is 4.13. The fourth-order valence-electron chi connectivity index (χ4n) is 2.59. The van der Waals surface area contributed by atoms with Crippen LogP contribution in [0.1, 0.15) is 17.5 Å². The summed E-state index contributed by atoms with van der Waals surface area (Å²) >= 11 is 0. The highest BCUT2D eigenvalue weighted by Crippen LogP contribution is 2.32. The topological polar surface area (TPSA) is 52.7 Å². The van der Waals surface area contributed by atoms with Crippen LogP contribution >= 0.6 is 0 Å². The molecule has 0 amide bonds. The Hall–Kier alpha value is -1.11. The molecule has 2 rings (SSSR count). The van der Waals surface area contributed by atoms with Crippen LogP contribution in [0.4, 0.5) is 5.69 Å². The normalized spacial score (nSPS) is 15.1. The zero-order valence-corrected chi connectivity index (χ0v) is 14.1. The first-order valence-corrected chi connectivity index (χ1v) is 8.75. The van der Waals surface area contributed by atoms with E-state index in [4.69, 9.17) is 0 Å². The number of nitrogens with zero attached hydrogens (tertiary/aromatic N) is 2. The number of nitrogens with one attached hydrogen (secondary N) is 1. The van der Waals surface area contributed by atoms with Gasteiger partial charge in [0, 0.05) is 32.4 Å². The summed E-state index contributed by atoms with van der Waals surface area (Å²) in [7, 11) is 2.11. The van der Waals surface area contributed by atoms with Crippen molar-refractivity contribution in [1.82, 2.24) is 9.21 Å². The maximum absolute atomic E-state index is 12.8. The number of aryl methyl sites for hydroxylation is 1. The lowest BCUT2D eigenvalue weighted by Crippen LogP contribution is -2.34. The fourth-order valence-corrected chi connectivity index (χ4v) is 4.00. The highest BCUT2D eigenvalue weighted by atomic mass is 32.2. The number of hydrogen-bond acceptors (Lipinski definition) is 4. The molecule has 0 unspecified atom stereocenters. The van der Waals surface area contributed by atoms with E-state index < -0.39 is 10.0 Å². The Labute approximate surface area is 128 Å². The monoisotopic (exact) mass is 311 g/mol. The molecule has 0 spiro atoms. The van der Waals surface area contributed by atoms with Crippen LogP contribution in [0.3, 0.4) is 0 Å². The van der Waals surface area contributed by atoms with Crippen molar-refractivity contribution < 1.29 is 8.42 Å². The summed E-state index contributed by atoms with van der Waals surface area (Å²) in [5.74, 6) is 0. The molecule has 0 bridgehead atoms. The lowest BCUT2D eigenvalue weighted by Gasteiger charge is -2.26. The third kappa shape index (κ3) is 3.39. The van der Waals surface area contributed by atoms with E-state index in [1.165, 1.54) is 4.31 Å². The Kier molecular flexibility index (Phi) is 4.91. The van der Waals surface area contributed by atoms with Gasteiger partial charge in [-0.1, -0.05) is 6.07 Å². The summed E-state index contributed by atoms with van der Waals surface area (Å²) in [5.41, 5.74) is 3.06. The largest absolute Gasteiger partial charge is 0.385 e. The Morgan fingerprint density at radius 3 is 2.57 bits per heavy atom. The Bertz CT molecular complexity index is 612. The average Bonchev–Trinajstić information content (AvgIpc) is 2.45. The van der Waals surface area contributed by atoms with Gasteiger partial charge in [-0.15, -0.1) is 0 Å². The van der Waals surface area contributed by atoms with Crippen molar-refractivity contribution in [3.05, 3.63) is 23.3 Å². The van der Waals surface area contributed by atoms with Crippen molar-refractivity contribution in [3.8, 4) is 0 Å². The molecule has 0 saturated heterocycles. The van der Waals surface area contributed by atoms with Gasteiger partial charge in [-0.05, 0) is 51.1 Å². The van der Waals surface area contributed by atoms with Gasteiger partial charge in [-0.25, -0.2) is 8.42 Å². The maximum atomic E-state index is 12.8. The second-order valence-corrected chi connectivity index (χ2v) is 7.91. The molecule has 0 saturated carbocycles. The first kappa shape index (κ1) is 16.3. The van der Waals surface area contributed by atoms with Crippen molar-refractivity contribution >= 4 is 15.7 Å². The minimum Gasteiger partial charge on any atom is -0.385 e. The van der Waals surface area contributed by atoms with Crippen LogP contribution in [0, 0.1) is 6.92 Å². The van der Waals surface area contributed by atoms with Gasteiger partial charge in [0.25, 0.3) is 0 Å². The van der Waals surface area contributed by atoms with E-state index in [1.54, 1.807) is 13.1 Å². The highest BCUT2D eigenvalue weighted by Gasteiger charge is 2.27. The van der Waals surface area contributed by atoms with Gasteiger partial charge < -0.3 is 10.2 Å². The van der Waals surface area contributed by atoms with Crippen LogP contribution in [-0.4, -0.2) is 58.4 Å². The third-order valence-corrected chi connectivity index (χ3v) is 5.88. The molecule has 1 aliphatic rings. The molecular formula is C15H25N3O2S. The van der Waals surface area contributed by atoms with Crippen molar-refractivity contribution in [2.45, 2.75) is 24.7 Å². The minimum atomic E-state index is -3.43. The van der Waals surface area contributed by atoms with Gasteiger partial charge in [0.2, 0.25) is 10.0 Å². The van der Waals surface area contributed by atoms with Gasteiger partial charge in [0.1, 0.15) is 0 Å². The maximum Gasteiger partial charge on any atom is 0.243 e. The van der Waals surface area contributed by atoms with Crippen molar-refractivity contribution in [2.24, 2.45) is 0 Å². The average molecular weight is 311 g/mol. The van der Waals surface area contributed by atoms with Gasteiger partial charge in [-0.3, -0.25) is 0 Å². The number of anilines is 1. The standard InChI is InChI=1S/C15H25N3O2S/c1-12-7-8-14(13-6-5-9-16-15(12)13)21(19,20)18(4)11-10-17(2)3/h7-8,16H,5-6,9-11H2,1-4H3. The number of sulfonamides is 1. The molecular weight excluding hydrogens is 286 g/mol. The molecule has 1 aromatic carbocycles. The van der Waals surface area contributed by atoms with Crippen molar-refractivity contribution in [2.75, 3.05) is 46.1 Å². The van der Waals surface area contributed by atoms with Crippen LogP contribution < -0.4 is 5.32 Å². The molecule has 1 aromatic rings. The summed E-state index contributed by atoms with van der Waals surface area (Å²) in [4.78, 5) is 2.44. The second kappa shape index (κ2) is 6.34. The molecule has 0 fully saturated rings. The van der Waals surface area contributed by atoms with Gasteiger partial charge >= 0.3 is 0 Å². The Balaban J connectivity index is 2.36. The molecule has 118 valence electrons. The second-order valence-electron chi connectivity index (χ2n) is 5.89. The molecule has 1 N–H and O–H groups in total. The zero-order chi connectivity index (χ0) is 15.6. The number of benzene rings is 1. The van der Waals surface area contributed by atoms with Crippen LogP contribution in [-0.2, 0) is 16.4 Å². The van der Waals surface area contributed by atoms with E-state index in [2.05, 4.69) is 5.32 Å². The SMILES string of the molecule is Cc1ccc(S(=O)(=O)N(C)CCN(C)C)c2c1NCCC2. The summed E-state index contributed by atoms with van der Waals surface area (Å²) < 4.78 is 27.1. The van der Waals surface area contributed by atoms with Crippen LogP contribution in [0.2, 0.25) is 0 Å². The predicted molar refractivity (Wildman–Crippen MR) is 86.4 cm³/mol. The van der Waals surface area contributed by atoms with Crippen LogP contribution in [0.25, 0.3) is 0 Å². The summed E-state index contributed by atoms with van der Waals surface area (Å²) in [6.07, 6.45) is 1.79. The lowest BCUT2D eigenvalue weighted by molar-refractivity contribution is 0.358. The first-order chi connectivity index (χ1) is 9.84. The van der Waals surface area contributed by atoms with Crippen LogP contribution in [0.15, 0.2) is 17.0 Å². The molecule has 0 aromatic heterocycles. The van der Waals surface area contributed by atoms with E-state index in [1.807, 2.05) is 32.0 Å². The first-order valence-electron chi connectivity index (χ1n) is 7.31. The van der Waals surface area contributed by atoms with Crippen molar-refractivity contribution in [3.63, 3.8) is 0 Å². The smallest absolute Gasteiger partial charge is 0.243 e. The molecule has 1 heterocycles. The number of rotatable bonds is 5. The summed E-state index contributed by atoms with van der Waals surface area (Å²) in [5, 5.41) is 3.34. The predicted octanol–water partition coefficient (Wildman–Crippen LogP) is 1.54. The summed E-state index contributed by atoms with van der Waals surface area (Å²) in [6, 6.07) is 3.65. The number of likely N-dealkylation sites (N-methyl/N-ethyl adjacent to an activating group) is 2. The van der Waals surface area contributed by atoms with Crippen LogP contribution in [0.5, 0.6) is 0 Å². The van der Waals surface area contributed by atoms with E-state index in [0.29, 0.717) is 18.0 Å². The third-order valence-electron chi connectivity index (χ3n) is 3.93. The van der Waals surface area contributed by atoms with Gasteiger partial charge in [0.05, 0.1) is 4.90 Å². The molecule has 5 nitrogen and oxygen atoms in total. The molecule has 0 radical (unpaired) electrons. The molecule has 0 aliphatic carbocycles. The quantitative estimate of drug-likeness (QED) is 0.896. The van der Waals surface area contributed by atoms with Gasteiger partial charge in [0.15, 0.2) is 0 Å². The molecule has 0 atom stereocenters. The van der Waals surface area contributed by atoms with Gasteiger partial charge in [-0.2, -0.15) is 4.31 Å². The number of hydrogen-bond donors (Lipinski definition) is 1. The van der Waals surface area contributed by atoms with E-state index in [9.17, 15) is 8.42 Å². The zero-order valence-electron chi connectivity index (χ0n) is 13.3. The van der Waals surface area contributed by atoms with E-state index >= 15 is 0 Å². The molecule has 1 aliphatic heterocycles. The number of fused-ring (bicyclic) bond motifs is 1. The van der Waals surface area contributed by atoms with Crippen molar-refractivity contribution in [1.29, 1.82) is 0 Å². The van der Waals surface area contributed by atoms with E-state index in [0.717, 1.165) is 36.2 Å². The molecule has 21 heavy (non-hydrogen) atoms. The fraction of sp³-hybridized carbons (Fsp3) is 0.600. The lowest BCUT2D eigenvalue weighted by atomic mass is 10.00. The Morgan fingerprint density at radius 1 is 1.19 bits per heavy atom. The van der Waals surface area contributed by atoms with E-state index in [-0.39, 0.29) is 0 Å².